The van der Waals surface area contributed by atoms with E-state index in [9.17, 15) is 4.79 Å². The van der Waals surface area contributed by atoms with E-state index in [4.69, 9.17) is 11.6 Å². The molecular formula is C18H17ClN4O. The number of nitrogens with zero attached hydrogens (tertiary/aromatic N) is 3. The van der Waals surface area contributed by atoms with E-state index in [1.807, 2.05) is 42.4 Å². The number of H-pyrrole nitrogens is 1. The van der Waals surface area contributed by atoms with Gasteiger partial charge in [0.05, 0.1) is 12.6 Å². The normalized spacial score (nSPS) is 14.0. The number of aromatic nitrogens is 3. The highest BCUT2D eigenvalue weighted by Gasteiger charge is 2.23. The molecule has 1 aliphatic heterocycles. The summed E-state index contributed by atoms with van der Waals surface area (Å²) in [5.41, 5.74) is 5.14. The highest BCUT2D eigenvalue weighted by Crippen LogP contribution is 2.26. The van der Waals surface area contributed by atoms with E-state index in [0.29, 0.717) is 24.5 Å². The first-order valence-electron chi connectivity index (χ1n) is 7.94. The molecular weight excluding hydrogens is 324 g/mol. The Morgan fingerprint density at radius 2 is 2.25 bits per heavy atom. The van der Waals surface area contributed by atoms with E-state index in [2.05, 4.69) is 15.2 Å². The van der Waals surface area contributed by atoms with Crippen LogP contribution in [0.4, 0.5) is 0 Å². The number of hydrogen-bond acceptors (Lipinski definition) is 3. The molecule has 1 aromatic carbocycles. The Morgan fingerprint density at radius 3 is 3.12 bits per heavy atom. The SMILES string of the molecule is Cc1ccc(Cl)c(CC(=O)N2CCc3c(cnc4[nH]ncc34)C2)c1. The summed E-state index contributed by atoms with van der Waals surface area (Å²) < 4.78 is 0. The van der Waals surface area contributed by atoms with Crippen LogP contribution < -0.4 is 0 Å². The van der Waals surface area contributed by atoms with E-state index in [1.165, 1.54) is 5.56 Å². The van der Waals surface area contributed by atoms with Crippen LogP contribution in [-0.2, 0) is 24.2 Å². The quantitative estimate of drug-likeness (QED) is 0.780. The molecule has 0 aliphatic carbocycles. The van der Waals surface area contributed by atoms with Crippen LogP contribution in [0.2, 0.25) is 5.02 Å². The number of carbonyl (C=O) groups excluding carboxylic acids is 1. The van der Waals surface area contributed by atoms with Gasteiger partial charge in [0.1, 0.15) is 0 Å². The average Bonchev–Trinajstić information content (AvgIpc) is 3.06. The second-order valence-electron chi connectivity index (χ2n) is 6.23. The minimum atomic E-state index is 0.0976. The predicted octanol–water partition coefficient (Wildman–Crippen LogP) is 3.05. The van der Waals surface area contributed by atoms with Gasteiger partial charge in [0.25, 0.3) is 0 Å². The molecule has 1 N–H and O–H groups in total. The topological polar surface area (TPSA) is 61.9 Å². The lowest BCUT2D eigenvalue weighted by molar-refractivity contribution is -0.131. The molecule has 122 valence electrons. The highest BCUT2D eigenvalue weighted by molar-refractivity contribution is 6.31. The predicted molar refractivity (Wildman–Crippen MR) is 92.9 cm³/mol. The number of rotatable bonds is 2. The molecule has 1 aliphatic rings. The van der Waals surface area contributed by atoms with Crippen molar-refractivity contribution in [2.24, 2.45) is 0 Å². The highest BCUT2D eigenvalue weighted by atomic mass is 35.5. The Balaban J connectivity index is 1.55. The van der Waals surface area contributed by atoms with E-state index >= 15 is 0 Å². The van der Waals surface area contributed by atoms with Crippen molar-refractivity contribution in [1.82, 2.24) is 20.1 Å². The number of aryl methyl sites for hydroxylation is 1. The van der Waals surface area contributed by atoms with Gasteiger partial charge in [-0.2, -0.15) is 5.10 Å². The number of halogens is 1. The van der Waals surface area contributed by atoms with Gasteiger partial charge < -0.3 is 4.90 Å². The summed E-state index contributed by atoms with van der Waals surface area (Å²) in [7, 11) is 0. The molecule has 0 saturated heterocycles. The van der Waals surface area contributed by atoms with Crippen molar-refractivity contribution in [3.8, 4) is 0 Å². The van der Waals surface area contributed by atoms with Gasteiger partial charge in [-0.3, -0.25) is 9.89 Å². The fourth-order valence-corrected chi connectivity index (χ4v) is 3.47. The molecule has 0 spiro atoms. The lowest BCUT2D eigenvalue weighted by Gasteiger charge is -2.29. The Labute approximate surface area is 144 Å². The summed E-state index contributed by atoms with van der Waals surface area (Å²) in [4.78, 5) is 18.9. The molecule has 0 bridgehead atoms. The number of amides is 1. The minimum absolute atomic E-state index is 0.0976. The maximum absolute atomic E-state index is 12.7. The van der Waals surface area contributed by atoms with Crippen LogP contribution in [0.15, 0.2) is 30.6 Å². The van der Waals surface area contributed by atoms with E-state index in [-0.39, 0.29) is 5.91 Å². The third kappa shape index (κ3) is 2.65. The second-order valence-corrected chi connectivity index (χ2v) is 6.64. The zero-order valence-corrected chi connectivity index (χ0v) is 14.1. The molecule has 0 fully saturated rings. The maximum Gasteiger partial charge on any atom is 0.227 e. The van der Waals surface area contributed by atoms with Crippen molar-refractivity contribution in [3.05, 3.63) is 57.9 Å². The largest absolute Gasteiger partial charge is 0.338 e. The van der Waals surface area contributed by atoms with Crippen molar-refractivity contribution >= 4 is 28.5 Å². The molecule has 5 nitrogen and oxygen atoms in total. The number of carbonyl (C=O) groups is 1. The minimum Gasteiger partial charge on any atom is -0.338 e. The number of fused-ring (bicyclic) bond motifs is 3. The van der Waals surface area contributed by atoms with E-state index in [0.717, 1.165) is 34.1 Å². The summed E-state index contributed by atoms with van der Waals surface area (Å²) in [6, 6.07) is 5.79. The van der Waals surface area contributed by atoms with E-state index < -0.39 is 0 Å². The average molecular weight is 341 g/mol. The van der Waals surface area contributed by atoms with Crippen molar-refractivity contribution in [1.29, 1.82) is 0 Å². The Bertz CT molecular complexity index is 934. The van der Waals surface area contributed by atoms with Crippen LogP contribution in [-0.4, -0.2) is 32.5 Å². The zero-order valence-electron chi connectivity index (χ0n) is 13.3. The molecule has 2 aromatic heterocycles. The van der Waals surface area contributed by atoms with Crippen LogP contribution in [0.25, 0.3) is 11.0 Å². The number of benzene rings is 1. The van der Waals surface area contributed by atoms with Crippen molar-refractivity contribution in [2.45, 2.75) is 26.3 Å². The first-order chi connectivity index (χ1) is 11.6. The van der Waals surface area contributed by atoms with Gasteiger partial charge in [-0.1, -0.05) is 29.3 Å². The van der Waals surface area contributed by atoms with Gasteiger partial charge in [-0.15, -0.1) is 0 Å². The summed E-state index contributed by atoms with van der Waals surface area (Å²) in [6.07, 6.45) is 4.80. The molecule has 0 atom stereocenters. The fraction of sp³-hybridized carbons (Fsp3) is 0.278. The fourth-order valence-electron chi connectivity index (χ4n) is 3.28. The summed E-state index contributed by atoms with van der Waals surface area (Å²) in [5, 5.41) is 8.65. The van der Waals surface area contributed by atoms with Gasteiger partial charge in [-0.05, 0) is 36.1 Å². The van der Waals surface area contributed by atoms with Crippen molar-refractivity contribution in [2.75, 3.05) is 6.54 Å². The van der Waals surface area contributed by atoms with E-state index in [1.54, 1.807) is 0 Å². The Kier molecular flexibility index (Phi) is 3.73. The number of pyridine rings is 1. The van der Waals surface area contributed by atoms with Crippen molar-refractivity contribution < 1.29 is 4.79 Å². The maximum atomic E-state index is 12.7. The molecule has 1 amide bonds. The molecule has 0 saturated carbocycles. The van der Waals surface area contributed by atoms with Crippen molar-refractivity contribution in [3.63, 3.8) is 0 Å². The standard InChI is InChI=1S/C18H17ClN4O/c1-11-2-3-16(19)12(6-11)7-17(24)23-5-4-14-13(10-23)8-20-18-15(14)9-21-22-18/h2-3,6,8-9H,4-5,7,10H2,1H3,(H,20,21,22). The third-order valence-corrected chi connectivity index (χ3v) is 4.94. The smallest absolute Gasteiger partial charge is 0.227 e. The molecule has 0 radical (unpaired) electrons. The number of aromatic amines is 1. The number of nitrogens with one attached hydrogen (secondary N) is 1. The number of hydrogen-bond donors (Lipinski definition) is 1. The molecule has 4 rings (SSSR count). The zero-order chi connectivity index (χ0) is 16.7. The molecule has 0 unspecified atom stereocenters. The Hall–Kier alpha value is -2.40. The lowest BCUT2D eigenvalue weighted by Crippen LogP contribution is -2.37. The molecule has 24 heavy (non-hydrogen) atoms. The molecule has 3 aromatic rings. The summed E-state index contributed by atoms with van der Waals surface area (Å²) in [6.45, 7) is 3.30. The summed E-state index contributed by atoms with van der Waals surface area (Å²) >= 11 is 6.22. The van der Waals surface area contributed by atoms with Crippen LogP contribution in [0.3, 0.4) is 0 Å². The van der Waals surface area contributed by atoms with Gasteiger partial charge in [0, 0.05) is 29.7 Å². The molecule has 6 heteroatoms. The van der Waals surface area contributed by atoms with Gasteiger partial charge >= 0.3 is 0 Å². The van der Waals surface area contributed by atoms with Crippen LogP contribution in [0.5, 0.6) is 0 Å². The Morgan fingerprint density at radius 1 is 1.38 bits per heavy atom. The van der Waals surface area contributed by atoms with Gasteiger partial charge in [0.15, 0.2) is 5.65 Å². The van der Waals surface area contributed by atoms with Gasteiger partial charge in [-0.25, -0.2) is 4.98 Å². The lowest BCUT2D eigenvalue weighted by atomic mass is 9.98. The van der Waals surface area contributed by atoms with Crippen LogP contribution in [0.1, 0.15) is 22.3 Å². The van der Waals surface area contributed by atoms with Crippen LogP contribution in [0, 0.1) is 6.92 Å². The summed E-state index contributed by atoms with van der Waals surface area (Å²) in [5.74, 6) is 0.0976. The first kappa shape index (κ1) is 15.1. The first-order valence-corrected chi connectivity index (χ1v) is 8.32. The third-order valence-electron chi connectivity index (χ3n) is 4.57. The van der Waals surface area contributed by atoms with Gasteiger partial charge in [0.2, 0.25) is 5.91 Å². The second kappa shape index (κ2) is 5.91. The monoisotopic (exact) mass is 340 g/mol. The van der Waals surface area contributed by atoms with Crippen LogP contribution >= 0.6 is 11.6 Å². The molecule has 3 heterocycles.